The molecule has 0 aromatic heterocycles. The van der Waals surface area contributed by atoms with Gasteiger partial charge in [0.2, 0.25) is 10.0 Å². The van der Waals surface area contributed by atoms with Gasteiger partial charge in [0.05, 0.1) is 4.90 Å². The summed E-state index contributed by atoms with van der Waals surface area (Å²) >= 11 is 5.67. The van der Waals surface area contributed by atoms with E-state index in [-0.39, 0.29) is 16.3 Å². The zero-order chi connectivity index (χ0) is 15.3. The van der Waals surface area contributed by atoms with Crippen molar-refractivity contribution in [3.63, 3.8) is 0 Å². The number of nitrogens with one attached hydrogen (secondary N) is 1. The fourth-order valence-corrected chi connectivity index (χ4v) is 2.91. The fraction of sp³-hybridized carbons (Fsp3) is 0.273. The van der Waals surface area contributed by atoms with Crippen LogP contribution in [0.15, 0.2) is 29.2 Å². The standard InChI is InChI=1S/C11H12ClNO6S/c12-7-2-1-3-8(6-7)20(18,19)13-9(11(16)17)4-5-10(14)15/h1-3,6,9,13H,4-5H2,(H,14,15)(H,16,17)/t9-/m1/s1. The third kappa shape index (κ3) is 4.80. The normalized spacial score (nSPS) is 12.8. The van der Waals surface area contributed by atoms with Crippen molar-refractivity contribution in [1.82, 2.24) is 4.72 Å². The highest BCUT2D eigenvalue weighted by Crippen LogP contribution is 2.16. The van der Waals surface area contributed by atoms with E-state index in [0.717, 1.165) is 0 Å². The Morgan fingerprint density at radius 1 is 1.30 bits per heavy atom. The first-order valence-electron chi connectivity index (χ1n) is 5.45. The van der Waals surface area contributed by atoms with Crippen LogP contribution >= 0.6 is 11.6 Å². The van der Waals surface area contributed by atoms with Gasteiger partial charge >= 0.3 is 11.9 Å². The molecular formula is C11H12ClNO6S. The molecule has 0 saturated heterocycles. The summed E-state index contributed by atoms with van der Waals surface area (Å²) in [4.78, 5) is 21.2. The number of hydrogen-bond donors (Lipinski definition) is 3. The Bertz CT molecular complexity index is 615. The number of rotatable bonds is 7. The minimum Gasteiger partial charge on any atom is -0.481 e. The molecular weight excluding hydrogens is 310 g/mol. The summed E-state index contributed by atoms with van der Waals surface area (Å²) in [5.74, 6) is -2.66. The highest BCUT2D eigenvalue weighted by atomic mass is 35.5. The summed E-state index contributed by atoms with van der Waals surface area (Å²) in [5.41, 5.74) is 0. The molecule has 3 N–H and O–H groups in total. The third-order valence-corrected chi connectivity index (χ3v) is 4.05. The molecule has 1 atom stereocenters. The maximum atomic E-state index is 12.0. The molecule has 0 bridgehead atoms. The van der Waals surface area contributed by atoms with Gasteiger partial charge in [-0.05, 0) is 24.6 Å². The molecule has 0 aliphatic rings. The number of benzene rings is 1. The average Bonchev–Trinajstić information content (AvgIpc) is 2.34. The van der Waals surface area contributed by atoms with Crippen molar-refractivity contribution in [1.29, 1.82) is 0 Å². The van der Waals surface area contributed by atoms with E-state index >= 15 is 0 Å². The highest BCUT2D eigenvalue weighted by molar-refractivity contribution is 7.89. The number of carboxylic acid groups (broad SMARTS) is 2. The molecule has 0 aliphatic carbocycles. The molecule has 1 rings (SSSR count). The molecule has 0 amide bonds. The second-order valence-electron chi connectivity index (χ2n) is 3.90. The monoisotopic (exact) mass is 321 g/mol. The highest BCUT2D eigenvalue weighted by Gasteiger charge is 2.26. The van der Waals surface area contributed by atoms with E-state index in [0.29, 0.717) is 0 Å². The molecule has 0 radical (unpaired) electrons. The summed E-state index contributed by atoms with van der Waals surface area (Å²) in [6.45, 7) is 0. The molecule has 9 heteroatoms. The summed E-state index contributed by atoms with van der Waals surface area (Å²) < 4.78 is 25.9. The van der Waals surface area contributed by atoms with Crippen LogP contribution in [0.3, 0.4) is 0 Å². The number of carbonyl (C=O) groups is 2. The molecule has 0 unspecified atom stereocenters. The topological polar surface area (TPSA) is 121 Å². The number of carboxylic acids is 2. The van der Waals surface area contributed by atoms with Crippen LogP contribution in [0.5, 0.6) is 0 Å². The van der Waals surface area contributed by atoms with Crippen LogP contribution in [0.1, 0.15) is 12.8 Å². The van der Waals surface area contributed by atoms with Crippen molar-refractivity contribution in [2.75, 3.05) is 0 Å². The van der Waals surface area contributed by atoms with E-state index in [1.807, 2.05) is 4.72 Å². The van der Waals surface area contributed by atoms with Gasteiger partial charge in [0.25, 0.3) is 0 Å². The van der Waals surface area contributed by atoms with Crippen molar-refractivity contribution in [3.05, 3.63) is 29.3 Å². The summed E-state index contributed by atoms with van der Waals surface area (Å²) in [7, 11) is -4.08. The zero-order valence-electron chi connectivity index (χ0n) is 10.1. The first-order valence-corrected chi connectivity index (χ1v) is 7.31. The lowest BCUT2D eigenvalue weighted by Crippen LogP contribution is -2.41. The number of halogens is 1. The molecule has 0 saturated carbocycles. The number of sulfonamides is 1. The second-order valence-corrected chi connectivity index (χ2v) is 6.05. The van der Waals surface area contributed by atoms with Gasteiger partial charge in [0.15, 0.2) is 0 Å². The lowest BCUT2D eigenvalue weighted by molar-refractivity contribution is -0.140. The molecule has 0 heterocycles. The molecule has 0 spiro atoms. The molecule has 1 aromatic rings. The van der Waals surface area contributed by atoms with E-state index in [1.165, 1.54) is 24.3 Å². The number of hydrogen-bond acceptors (Lipinski definition) is 4. The lowest BCUT2D eigenvalue weighted by Gasteiger charge is -2.14. The maximum absolute atomic E-state index is 12.0. The largest absolute Gasteiger partial charge is 0.481 e. The second kappa shape index (κ2) is 6.69. The SMILES string of the molecule is O=C(O)CC[C@@H](NS(=O)(=O)c1cccc(Cl)c1)C(=O)O. The van der Waals surface area contributed by atoms with Crippen LogP contribution in [-0.2, 0) is 19.6 Å². The Kier molecular flexibility index (Phi) is 5.49. The van der Waals surface area contributed by atoms with Crippen molar-refractivity contribution in [2.24, 2.45) is 0 Å². The Balaban J connectivity index is 2.91. The smallest absolute Gasteiger partial charge is 0.321 e. The van der Waals surface area contributed by atoms with Gasteiger partial charge in [-0.1, -0.05) is 17.7 Å². The van der Waals surface area contributed by atoms with Crippen molar-refractivity contribution in [2.45, 2.75) is 23.8 Å². The Hall–Kier alpha value is -1.64. The average molecular weight is 322 g/mol. The molecule has 20 heavy (non-hydrogen) atoms. The van der Waals surface area contributed by atoms with E-state index in [9.17, 15) is 18.0 Å². The van der Waals surface area contributed by atoms with Crippen molar-refractivity contribution in [3.8, 4) is 0 Å². The first kappa shape index (κ1) is 16.4. The van der Waals surface area contributed by atoms with E-state index in [2.05, 4.69) is 0 Å². The van der Waals surface area contributed by atoms with E-state index in [4.69, 9.17) is 21.8 Å². The predicted molar refractivity (Wildman–Crippen MR) is 70.1 cm³/mol. The third-order valence-electron chi connectivity index (χ3n) is 2.35. The first-order chi connectivity index (χ1) is 9.22. The summed E-state index contributed by atoms with van der Waals surface area (Å²) in [5, 5.41) is 17.6. The van der Waals surface area contributed by atoms with Crippen LogP contribution < -0.4 is 4.72 Å². The van der Waals surface area contributed by atoms with Crippen LogP contribution in [0.4, 0.5) is 0 Å². The molecule has 0 aliphatic heterocycles. The summed E-state index contributed by atoms with van der Waals surface area (Å²) in [6, 6.07) is 3.78. The quantitative estimate of drug-likeness (QED) is 0.687. The molecule has 7 nitrogen and oxygen atoms in total. The van der Waals surface area contributed by atoms with Crippen molar-refractivity contribution >= 4 is 33.6 Å². The Morgan fingerprint density at radius 2 is 1.95 bits per heavy atom. The summed E-state index contributed by atoms with van der Waals surface area (Å²) in [6.07, 6.45) is -0.820. The van der Waals surface area contributed by atoms with E-state index in [1.54, 1.807) is 0 Å². The van der Waals surface area contributed by atoms with Gasteiger partial charge in [-0.25, -0.2) is 8.42 Å². The number of aliphatic carboxylic acids is 2. The van der Waals surface area contributed by atoms with Gasteiger partial charge in [0, 0.05) is 11.4 Å². The van der Waals surface area contributed by atoms with E-state index < -0.39 is 34.4 Å². The van der Waals surface area contributed by atoms with Gasteiger partial charge in [-0.2, -0.15) is 4.72 Å². The lowest BCUT2D eigenvalue weighted by atomic mass is 10.2. The zero-order valence-corrected chi connectivity index (χ0v) is 11.7. The minimum absolute atomic E-state index is 0.185. The van der Waals surface area contributed by atoms with Crippen LogP contribution in [0.2, 0.25) is 5.02 Å². The molecule has 1 aromatic carbocycles. The van der Waals surface area contributed by atoms with Gasteiger partial charge in [-0.3, -0.25) is 9.59 Å². The molecule has 0 fully saturated rings. The maximum Gasteiger partial charge on any atom is 0.321 e. The van der Waals surface area contributed by atoms with Crippen LogP contribution in [-0.4, -0.2) is 36.6 Å². The molecule has 110 valence electrons. The van der Waals surface area contributed by atoms with Crippen molar-refractivity contribution < 1.29 is 28.2 Å². The fourth-order valence-electron chi connectivity index (χ4n) is 1.39. The van der Waals surface area contributed by atoms with Gasteiger partial charge in [0.1, 0.15) is 6.04 Å². The van der Waals surface area contributed by atoms with Gasteiger partial charge < -0.3 is 10.2 Å². The van der Waals surface area contributed by atoms with Gasteiger partial charge in [-0.15, -0.1) is 0 Å². The Morgan fingerprint density at radius 3 is 2.45 bits per heavy atom. The van der Waals surface area contributed by atoms with Crippen LogP contribution in [0.25, 0.3) is 0 Å². The van der Waals surface area contributed by atoms with Crippen LogP contribution in [0, 0.1) is 0 Å². The Labute approximate surface area is 120 Å². The predicted octanol–water partition coefficient (Wildman–Crippen LogP) is 0.936. The minimum atomic E-state index is -4.08.